The van der Waals surface area contributed by atoms with E-state index in [9.17, 15) is 18.4 Å². The van der Waals surface area contributed by atoms with E-state index in [1.54, 1.807) is 6.92 Å². The molecule has 7 heteroatoms. The van der Waals surface area contributed by atoms with Gasteiger partial charge in [0, 0.05) is 19.2 Å². The number of amides is 2. The van der Waals surface area contributed by atoms with E-state index in [-0.39, 0.29) is 5.69 Å². The van der Waals surface area contributed by atoms with Gasteiger partial charge in [-0.05, 0) is 19.4 Å². The zero-order chi connectivity index (χ0) is 16.0. The van der Waals surface area contributed by atoms with Crippen LogP contribution in [0.25, 0.3) is 0 Å². The first-order valence-electron chi connectivity index (χ1n) is 6.68. The molecule has 0 saturated heterocycles. The molecule has 1 aromatic carbocycles. The van der Waals surface area contributed by atoms with Crippen LogP contribution in [0.3, 0.4) is 0 Å². The summed E-state index contributed by atoms with van der Waals surface area (Å²) in [7, 11) is 0. The van der Waals surface area contributed by atoms with Gasteiger partial charge in [0.2, 0.25) is 0 Å². The fourth-order valence-electron chi connectivity index (χ4n) is 1.76. The minimum atomic E-state index is -1.53. The third kappa shape index (κ3) is 4.40. The van der Waals surface area contributed by atoms with Crippen molar-refractivity contribution in [2.45, 2.75) is 26.7 Å². The van der Waals surface area contributed by atoms with Crippen molar-refractivity contribution in [1.29, 1.82) is 0 Å². The number of nitrogens with one attached hydrogen (secondary N) is 1. The van der Waals surface area contributed by atoms with Crippen LogP contribution in [0.1, 0.15) is 37.0 Å². The third-order valence-corrected chi connectivity index (χ3v) is 2.98. The maximum absolute atomic E-state index is 13.6. The predicted octanol–water partition coefficient (Wildman–Crippen LogP) is 3.32. The van der Waals surface area contributed by atoms with Gasteiger partial charge in [-0.25, -0.2) is 18.4 Å². The van der Waals surface area contributed by atoms with Crippen LogP contribution in [0.5, 0.6) is 0 Å². The van der Waals surface area contributed by atoms with E-state index >= 15 is 0 Å². The summed E-state index contributed by atoms with van der Waals surface area (Å²) in [5, 5.41) is 11.1. The molecule has 0 aliphatic carbocycles. The van der Waals surface area contributed by atoms with Crippen LogP contribution in [0.4, 0.5) is 19.3 Å². The Kier molecular flexibility index (Phi) is 6.08. The van der Waals surface area contributed by atoms with Gasteiger partial charge >= 0.3 is 12.0 Å². The average Bonchev–Trinajstić information content (AvgIpc) is 2.42. The van der Waals surface area contributed by atoms with Gasteiger partial charge in [0.1, 0.15) is 11.6 Å². The van der Waals surface area contributed by atoms with E-state index < -0.39 is 29.2 Å². The lowest BCUT2D eigenvalue weighted by Crippen LogP contribution is -2.35. The number of nitrogens with zero attached hydrogens (tertiary/aromatic N) is 1. The number of urea groups is 1. The molecule has 0 aromatic heterocycles. The number of aromatic carboxylic acids is 1. The van der Waals surface area contributed by atoms with Crippen molar-refractivity contribution < 1.29 is 23.5 Å². The Labute approximate surface area is 121 Å². The zero-order valence-corrected chi connectivity index (χ0v) is 11.9. The van der Waals surface area contributed by atoms with Crippen molar-refractivity contribution in [2.75, 3.05) is 18.4 Å². The summed E-state index contributed by atoms with van der Waals surface area (Å²) in [6.07, 6.45) is 1.70. The first kappa shape index (κ1) is 16.9. The van der Waals surface area contributed by atoms with E-state index in [1.807, 2.05) is 6.92 Å². The van der Waals surface area contributed by atoms with Crippen molar-refractivity contribution >= 4 is 17.7 Å². The van der Waals surface area contributed by atoms with Crippen molar-refractivity contribution in [3.05, 3.63) is 29.3 Å². The summed E-state index contributed by atoms with van der Waals surface area (Å²) in [6.45, 7) is 4.69. The fraction of sp³-hybridized carbons (Fsp3) is 0.429. The topological polar surface area (TPSA) is 69.6 Å². The number of hydrogen-bond donors (Lipinski definition) is 2. The number of halogens is 2. The molecule has 0 aliphatic heterocycles. The minimum Gasteiger partial charge on any atom is -0.478 e. The Morgan fingerprint density at radius 1 is 1.24 bits per heavy atom. The molecule has 1 aromatic rings. The number of rotatable bonds is 6. The minimum absolute atomic E-state index is 0.353. The molecule has 0 spiro atoms. The maximum Gasteiger partial charge on any atom is 0.338 e. The van der Waals surface area contributed by atoms with Crippen LogP contribution in [0.2, 0.25) is 0 Å². The molecule has 0 saturated carbocycles. The highest BCUT2D eigenvalue weighted by Gasteiger charge is 2.18. The second-order valence-corrected chi connectivity index (χ2v) is 4.48. The van der Waals surface area contributed by atoms with E-state index in [0.29, 0.717) is 19.2 Å². The summed E-state index contributed by atoms with van der Waals surface area (Å²) < 4.78 is 26.9. The van der Waals surface area contributed by atoms with Gasteiger partial charge in [0.05, 0.1) is 11.3 Å². The average molecular weight is 300 g/mol. The predicted molar refractivity (Wildman–Crippen MR) is 74.5 cm³/mol. The SMILES string of the molecule is CCCCN(CC)C(=O)Nc1cc(C(=O)O)c(F)cc1F. The van der Waals surface area contributed by atoms with Gasteiger partial charge in [-0.1, -0.05) is 13.3 Å². The van der Waals surface area contributed by atoms with Crippen LogP contribution >= 0.6 is 0 Å². The number of benzene rings is 1. The second-order valence-electron chi connectivity index (χ2n) is 4.48. The Morgan fingerprint density at radius 2 is 1.90 bits per heavy atom. The first-order valence-corrected chi connectivity index (χ1v) is 6.68. The number of unbranched alkanes of at least 4 members (excludes halogenated alkanes) is 1. The first-order chi connectivity index (χ1) is 9.90. The van der Waals surface area contributed by atoms with E-state index in [1.165, 1.54) is 4.90 Å². The highest BCUT2D eigenvalue weighted by atomic mass is 19.1. The molecule has 0 unspecified atom stereocenters. The molecule has 0 bridgehead atoms. The van der Waals surface area contributed by atoms with E-state index in [4.69, 9.17) is 5.11 Å². The summed E-state index contributed by atoms with van der Waals surface area (Å²) in [4.78, 5) is 24.3. The molecular formula is C14H18F2N2O3. The summed E-state index contributed by atoms with van der Waals surface area (Å²) in [6, 6.07) is 0.674. The Morgan fingerprint density at radius 3 is 2.43 bits per heavy atom. The lowest BCUT2D eigenvalue weighted by molar-refractivity contribution is 0.0691. The summed E-state index contributed by atoms with van der Waals surface area (Å²) in [5.74, 6) is -3.73. The van der Waals surface area contributed by atoms with Crippen molar-refractivity contribution in [1.82, 2.24) is 4.90 Å². The van der Waals surface area contributed by atoms with Crippen molar-refractivity contribution in [2.24, 2.45) is 0 Å². The van der Waals surface area contributed by atoms with Crippen molar-refractivity contribution in [3.63, 3.8) is 0 Å². The molecule has 2 N–H and O–H groups in total. The molecular weight excluding hydrogens is 282 g/mol. The largest absolute Gasteiger partial charge is 0.478 e. The van der Waals surface area contributed by atoms with Crippen LogP contribution < -0.4 is 5.32 Å². The summed E-state index contributed by atoms with van der Waals surface area (Å²) >= 11 is 0. The summed E-state index contributed by atoms with van der Waals surface area (Å²) in [5.41, 5.74) is -1.04. The smallest absolute Gasteiger partial charge is 0.338 e. The van der Waals surface area contributed by atoms with Crippen LogP contribution in [-0.2, 0) is 0 Å². The highest BCUT2D eigenvalue weighted by Crippen LogP contribution is 2.20. The number of carbonyl (C=O) groups is 2. The molecule has 2 amide bonds. The van der Waals surface area contributed by atoms with Crippen LogP contribution in [0.15, 0.2) is 12.1 Å². The number of carboxylic acids is 1. The molecule has 0 fully saturated rings. The zero-order valence-electron chi connectivity index (χ0n) is 11.9. The third-order valence-electron chi connectivity index (χ3n) is 2.98. The quantitative estimate of drug-likeness (QED) is 0.846. The van der Waals surface area contributed by atoms with Gasteiger partial charge in [-0.15, -0.1) is 0 Å². The van der Waals surface area contributed by atoms with Crippen molar-refractivity contribution in [3.8, 4) is 0 Å². The van der Waals surface area contributed by atoms with Gasteiger partial charge in [0.15, 0.2) is 0 Å². The molecule has 0 heterocycles. The number of carboxylic acid groups (broad SMARTS) is 1. The van der Waals surface area contributed by atoms with Gasteiger partial charge < -0.3 is 15.3 Å². The molecule has 21 heavy (non-hydrogen) atoms. The Hall–Kier alpha value is -2.18. The molecule has 1 rings (SSSR count). The Balaban J connectivity index is 2.93. The molecule has 0 atom stereocenters. The van der Waals surface area contributed by atoms with E-state index in [0.717, 1.165) is 18.9 Å². The van der Waals surface area contributed by atoms with Gasteiger partial charge in [-0.2, -0.15) is 0 Å². The highest BCUT2D eigenvalue weighted by molar-refractivity contribution is 5.93. The molecule has 5 nitrogen and oxygen atoms in total. The normalized spacial score (nSPS) is 10.3. The number of hydrogen-bond acceptors (Lipinski definition) is 2. The Bertz CT molecular complexity index is 535. The number of anilines is 1. The number of carbonyl (C=O) groups excluding carboxylic acids is 1. The monoisotopic (exact) mass is 300 g/mol. The van der Waals surface area contributed by atoms with Crippen LogP contribution in [-0.4, -0.2) is 35.1 Å². The second kappa shape index (κ2) is 7.56. The lowest BCUT2D eigenvalue weighted by atomic mass is 10.2. The van der Waals surface area contributed by atoms with Gasteiger partial charge in [-0.3, -0.25) is 0 Å². The molecule has 0 aliphatic rings. The van der Waals surface area contributed by atoms with E-state index in [2.05, 4.69) is 5.32 Å². The van der Waals surface area contributed by atoms with Crippen LogP contribution in [0, 0.1) is 11.6 Å². The fourth-order valence-corrected chi connectivity index (χ4v) is 1.76. The maximum atomic E-state index is 13.6. The molecule has 116 valence electrons. The van der Waals surface area contributed by atoms with Gasteiger partial charge in [0.25, 0.3) is 0 Å². The lowest BCUT2D eigenvalue weighted by Gasteiger charge is -2.21. The molecule has 0 radical (unpaired) electrons. The standard InChI is InChI=1S/C14H18F2N2O3/c1-3-5-6-18(4-2)14(21)17-12-7-9(13(19)20)10(15)8-11(12)16/h7-8H,3-6H2,1-2H3,(H,17,21)(H,19,20).